The molecule has 2 aromatic rings. The standard InChI is InChI=1S/C15H15N3/c1-11-2-4-12(5-3-11)10-18-14-6-7-15(17)13(8-14)9-16/h2-8,18H,10,17H2,1H3. The molecule has 3 N–H and O–H groups in total. The maximum Gasteiger partial charge on any atom is 0.101 e. The highest BCUT2D eigenvalue weighted by molar-refractivity contribution is 5.61. The molecule has 0 saturated heterocycles. The summed E-state index contributed by atoms with van der Waals surface area (Å²) in [7, 11) is 0. The molecule has 0 atom stereocenters. The van der Waals surface area contributed by atoms with Crippen molar-refractivity contribution in [2.24, 2.45) is 0 Å². The number of nitriles is 1. The summed E-state index contributed by atoms with van der Waals surface area (Å²) in [5, 5.41) is 12.2. The summed E-state index contributed by atoms with van der Waals surface area (Å²) in [6.07, 6.45) is 0. The molecule has 0 aliphatic rings. The second-order valence-electron chi connectivity index (χ2n) is 4.25. The molecule has 0 spiro atoms. The third-order valence-electron chi connectivity index (χ3n) is 2.79. The van der Waals surface area contributed by atoms with E-state index < -0.39 is 0 Å². The summed E-state index contributed by atoms with van der Waals surface area (Å²) in [4.78, 5) is 0. The monoisotopic (exact) mass is 237 g/mol. The largest absolute Gasteiger partial charge is 0.398 e. The van der Waals surface area contributed by atoms with Crippen LogP contribution in [0.4, 0.5) is 11.4 Å². The van der Waals surface area contributed by atoms with E-state index in [1.165, 1.54) is 11.1 Å². The number of nitrogens with one attached hydrogen (secondary N) is 1. The molecule has 0 bridgehead atoms. The van der Waals surface area contributed by atoms with Crippen LogP contribution >= 0.6 is 0 Å². The minimum atomic E-state index is 0.504. The fourth-order valence-corrected chi connectivity index (χ4v) is 1.67. The summed E-state index contributed by atoms with van der Waals surface area (Å²) in [6, 6.07) is 15.8. The van der Waals surface area contributed by atoms with Crippen molar-refractivity contribution in [2.75, 3.05) is 11.1 Å². The predicted molar refractivity (Wildman–Crippen MR) is 74.1 cm³/mol. The molecule has 90 valence electrons. The quantitative estimate of drug-likeness (QED) is 0.806. The van der Waals surface area contributed by atoms with Crippen LogP contribution in [-0.4, -0.2) is 0 Å². The number of rotatable bonds is 3. The Kier molecular flexibility index (Phi) is 3.49. The van der Waals surface area contributed by atoms with Crippen LogP contribution in [-0.2, 0) is 6.54 Å². The molecule has 18 heavy (non-hydrogen) atoms. The molecule has 2 aromatic carbocycles. The number of nitrogen functional groups attached to an aromatic ring is 1. The number of anilines is 2. The van der Waals surface area contributed by atoms with Gasteiger partial charge in [0.2, 0.25) is 0 Å². The molecule has 0 aliphatic heterocycles. The summed E-state index contributed by atoms with van der Waals surface area (Å²) < 4.78 is 0. The van der Waals surface area contributed by atoms with Crippen molar-refractivity contribution in [3.05, 3.63) is 59.2 Å². The maximum absolute atomic E-state index is 8.90. The smallest absolute Gasteiger partial charge is 0.101 e. The van der Waals surface area contributed by atoms with E-state index in [0.717, 1.165) is 12.2 Å². The first-order valence-electron chi connectivity index (χ1n) is 5.78. The van der Waals surface area contributed by atoms with Gasteiger partial charge in [-0.15, -0.1) is 0 Å². The molecule has 0 aliphatic carbocycles. The van der Waals surface area contributed by atoms with E-state index in [-0.39, 0.29) is 0 Å². The SMILES string of the molecule is Cc1ccc(CNc2ccc(N)c(C#N)c2)cc1. The highest BCUT2D eigenvalue weighted by atomic mass is 14.9. The highest BCUT2D eigenvalue weighted by Gasteiger charge is 2.00. The van der Waals surface area contributed by atoms with Crippen molar-refractivity contribution < 1.29 is 0 Å². The zero-order chi connectivity index (χ0) is 13.0. The Hall–Kier alpha value is -2.47. The summed E-state index contributed by atoms with van der Waals surface area (Å²) >= 11 is 0. The van der Waals surface area contributed by atoms with Crippen molar-refractivity contribution in [3.63, 3.8) is 0 Å². The molecular formula is C15H15N3. The summed E-state index contributed by atoms with van der Waals surface area (Å²) in [6.45, 7) is 2.80. The molecule has 0 radical (unpaired) electrons. The van der Waals surface area contributed by atoms with Crippen molar-refractivity contribution in [3.8, 4) is 6.07 Å². The van der Waals surface area contributed by atoms with Gasteiger partial charge in [-0.3, -0.25) is 0 Å². The lowest BCUT2D eigenvalue weighted by molar-refractivity contribution is 1.14. The van der Waals surface area contributed by atoms with Gasteiger partial charge in [-0.05, 0) is 30.7 Å². The van der Waals surface area contributed by atoms with Crippen LogP contribution in [0.2, 0.25) is 0 Å². The first-order chi connectivity index (χ1) is 8.69. The summed E-state index contributed by atoms with van der Waals surface area (Å²) in [5.74, 6) is 0. The first-order valence-corrected chi connectivity index (χ1v) is 5.78. The fourth-order valence-electron chi connectivity index (χ4n) is 1.67. The predicted octanol–water partition coefficient (Wildman–Crippen LogP) is 3.06. The molecule has 0 heterocycles. The van der Waals surface area contributed by atoms with E-state index in [4.69, 9.17) is 11.0 Å². The molecule has 0 amide bonds. The van der Waals surface area contributed by atoms with Gasteiger partial charge in [0.05, 0.1) is 5.56 Å². The second kappa shape index (κ2) is 5.24. The van der Waals surface area contributed by atoms with Crippen molar-refractivity contribution >= 4 is 11.4 Å². The molecule has 2 rings (SSSR count). The second-order valence-corrected chi connectivity index (χ2v) is 4.25. The van der Waals surface area contributed by atoms with Crippen LogP contribution in [0.15, 0.2) is 42.5 Å². The van der Waals surface area contributed by atoms with Crippen LogP contribution in [0.3, 0.4) is 0 Å². The Bertz CT molecular complexity index is 580. The van der Waals surface area contributed by atoms with Crippen LogP contribution < -0.4 is 11.1 Å². The number of nitrogens with zero attached hydrogens (tertiary/aromatic N) is 1. The average molecular weight is 237 g/mol. The van der Waals surface area contributed by atoms with Gasteiger partial charge < -0.3 is 11.1 Å². The zero-order valence-corrected chi connectivity index (χ0v) is 10.3. The van der Waals surface area contributed by atoms with E-state index in [1.54, 1.807) is 12.1 Å². The summed E-state index contributed by atoms with van der Waals surface area (Å²) in [5.41, 5.74) is 10.0. The van der Waals surface area contributed by atoms with E-state index in [1.807, 2.05) is 6.07 Å². The van der Waals surface area contributed by atoms with Crippen LogP contribution in [0.5, 0.6) is 0 Å². The number of aryl methyl sites for hydroxylation is 1. The van der Waals surface area contributed by atoms with Crippen molar-refractivity contribution in [2.45, 2.75) is 13.5 Å². The third kappa shape index (κ3) is 2.80. The normalized spacial score (nSPS) is 9.78. The van der Waals surface area contributed by atoms with Gasteiger partial charge in [0.15, 0.2) is 0 Å². The van der Waals surface area contributed by atoms with Gasteiger partial charge in [-0.25, -0.2) is 0 Å². The highest BCUT2D eigenvalue weighted by Crippen LogP contribution is 2.17. The molecule has 3 nitrogen and oxygen atoms in total. The maximum atomic E-state index is 8.90. The molecule has 0 saturated carbocycles. The van der Waals surface area contributed by atoms with Gasteiger partial charge in [-0.2, -0.15) is 5.26 Å². The Balaban J connectivity index is 2.06. The lowest BCUT2D eigenvalue weighted by atomic mass is 10.1. The van der Waals surface area contributed by atoms with Gasteiger partial charge >= 0.3 is 0 Å². The number of hydrogen-bond donors (Lipinski definition) is 2. The lowest BCUT2D eigenvalue weighted by Crippen LogP contribution is -2.00. The van der Waals surface area contributed by atoms with E-state index in [9.17, 15) is 0 Å². The number of nitrogens with two attached hydrogens (primary N) is 1. The van der Waals surface area contributed by atoms with Crippen LogP contribution in [0.25, 0.3) is 0 Å². The van der Waals surface area contributed by atoms with Crippen LogP contribution in [0.1, 0.15) is 16.7 Å². The average Bonchev–Trinajstić information content (AvgIpc) is 2.39. The Morgan fingerprint density at radius 2 is 1.89 bits per heavy atom. The van der Waals surface area contributed by atoms with Gasteiger partial charge in [0, 0.05) is 17.9 Å². The first kappa shape index (κ1) is 12.0. The van der Waals surface area contributed by atoms with E-state index >= 15 is 0 Å². The molecule has 3 heteroatoms. The minimum Gasteiger partial charge on any atom is -0.398 e. The van der Waals surface area contributed by atoms with Crippen molar-refractivity contribution in [1.82, 2.24) is 0 Å². The minimum absolute atomic E-state index is 0.504. The third-order valence-corrected chi connectivity index (χ3v) is 2.79. The van der Waals surface area contributed by atoms with E-state index in [2.05, 4.69) is 42.6 Å². The van der Waals surface area contributed by atoms with E-state index in [0.29, 0.717) is 11.3 Å². The number of benzene rings is 2. The fraction of sp³-hybridized carbons (Fsp3) is 0.133. The van der Waals surface area contributed by atoms with Crippen molar-refractivity contribution in [1.29, 1.82) is 5.26 Å². The molecule has 0 unspecified atom stereocenters. The zero-order valence-electron chi connectivity index (χ0n) is 10.3. The van der Waals surface area contributed by atoms with Gasteiger partial charge in [0.1, 0.15) is 6.07 Å². The topological polar surface area (TPSA) is 61.8 Å². The Labute approximate surface area is 107 Å². The van der Waals surface area contributed by atoms with Gasteiger partial charge in [-0.1, -0.05) is 29.8 Å². The van der Waals surface area contributed by atoms with Crippen LogP contribution in [0, 0.1) is 18.3 Å². The molecular weight excluding hydrogens is 222 g/mol. The Morgan fingerprint density at radius 1 is 1.17 bits per heavy atom. The Morgan fingerprint density at radius 3 is 2.56 bits per heavy atom. The molecule has 0 aromatic heterocycles. The number of hydrogen-bond acceptors (Lipinski definition) is 3. The lowest BCUT2D eigenvalue weighted by Gasteiger charge is -2.08. The molecule has 0 fully saturated rings. The van der Waals surface area contributed by atoms with Gasteiger partial charge in [0.25, 0.3) is 0 Å².